The summed E-state index contributed by atoms with van der Waals surface area (Å²) in [4.78, 5) is 12.7. The van der Waals surface area contributed by atoms with Crippen molar-refractivity contribution in [3.05, 3.63) is 11.6 Å². The van der Waals surface area contributed by atoms with Gasteiger partial charge in [-0.15, -0.1) is 0 Å². The molecular weight excluding hydrogens is 1030 g/mol. The van der Waals surface area contributed by atoms with Gasteiger partial charge in [0.05, 0.1) is 44.2 Å². The van der Waals surface area contributed by atoms with Crippen molar-refractivity contribution in [2.45, 2.75) is 248 Å². The van der Waals surface area contributed by atoms with E-state index in [1.54, 1.807) is 0 Å². The van der Waals surface area contributed by atoms with E-state index in [-0.39, 0.29) is 23.9 Å². The molecule has 24 nitrogen and oxygen atoms in total. The van der Waals surface area contributed by atoms with Gasteiger partial charge in [-0.3, -0.25) is 0 Å². The van der Waals surface area contributed by atoms with Gasteiger partial charge < -0.3 is 114 Å². The van der Waals surface area contributed by atoms with E-state index in [0.717, 1.165) is 12.8 Å². The number of hydrogen-bond donors (Lipinski definition) is 15. The van der Waals surface area contributed by atoms with Crippen molar-refractivity contribution in [3.63, 3.8) is 0 Å². The fourth-order valence-electron chi connectivity index (χ4n) is 16.8. The van der Waals surface area contributed by atoms with Gasteiger partial charge in [0.1, 0.15) is 85.5 Å². The van der Waals surface area contributed by atoms with E-state index in [4.69, 9.17) is 37.9 Å². The Morgan fingerprint density at radius 2 is 1.14 bits per heavy atom. The Labute approximate surface area is 453 Å². The van der Waals surface area contributed by atoms with Crippen LogP contribution in [0, 0.1) is 50.2 Å². The van der Waals surface area contributed by atoms with Crippen LogP contribution in [0.5, 0.6) is 0 Å². The summed E-state index contributed by atoms with van der Waals surface area (Å²) in [5, 5.41) is 167. The number of ether oxygens (including phenoxy) is 8. The molecule has 0 aromatic carbocycles. The number of carboxylic acids is 1. The van der Waals surface area contributed by atoms with E-state index in [9.17, 15) is 81.4 Å². The Bertz CT molecular complexity index is 2170. The molecular formula is C54H88O24. The van der Waals surface area contributed by atoms with Crippen LogP contribution in [0.25, 0.3) is 0 Å². The molecule has 9 aliphatic rings. The van der Waals surface area contributed by atoms with Gasteiger partial charge in [-0.25, -0.2) is 4.79 Å². The number of aliphatic hydroxyl groups excluding tert-OH is 14. The van der Waals surface area contributed by atoms with E-state index in [1.165, 1.54) is 12.5 Å². The summed E-state index contributed by atoms with van der Waals surface area (Å²) in [6.07, 6.45) is -33.0. The maximum atomic E-state index is 12.8. The first-order valence-electron chi connectivity index (χ1n) is 27.9. The fraction of sp³-hybridized carbons (Fsp3) is 0.944. The van der Waals surface area contributed by atoms with E-state index in [2.05, 4.69) is 40.7 Å². The molecule has 8 fully saturated rings. The summed E-state index contributed by atoms with van der Waals surface area (Å²) < 4.78 is 48.3. The third-order valence-electron chi connectivity index (χ3n) is 21.4. The van der Waals surface area contributed by atoms with Crippen LogP contribution in [0.2, 0.25) is 0 Å². The molecule has 0 radical (unpaired) electrons. The highest BCUT2D eigenvalue weighted by Gasteiger charge is 2.72. The van der Waals surface area contributed by atoms with Gasteiger partial charge in [0.25, 0.3) is 0 Å². The van der Waals surface area contributed by atoms with E-state index in [0.29, 0.717) is 38.5 Å². The van der Waals surface area contributed by atoms with Crippen molar-refractivity contribution in [3.8, 4) is 0 Å². The van der Waals surface area contributed by atoms with Crippen molar-refractivity contribution in [2.24, 2.45) is 50.2 Å². The summed E-state index contributed by atoms with van der Waals surface area (Å²) >= 11 is 0. The molecule has 0 unspecified atom stereocenters. The molecule has 5 aliphatic carbocycles. The van der Waals surface area contributed by atoms with E-state index >= 15 is 0 Å². The number of carboxylic acid groups (broad SMARTS) is 1. The highest BCUT2D eigenvalue weighted by molar-refractivity contribution is 5.73. The molecule has 448 valence electrons. The molecule has 0 spiro atoms. The average molecular weight is 1120 g/mol. The summed E-state index contributed by atoms with van der Waals surface area (Å²) in [7, 11) is 0. The standard InChI is InChI=1S/C54H88O24/c1-21-30(60)33(63)38(68)45(71-21)76-40-34(64)31(61)25(18-55)72-46(40)77-41-35(65)32(62)26(19-56)73-47(41)78-42-37(67)36(66)39(44(69)70)75-48(42)74-29-11-12-51(6)27-10-9-22-23-15-49(2,3)13-14-54(23,20-57)28(59)17-52(22,7)53(27,8)16-24(58)43(51)50(29,4)5/h9,21,23-43,45-48,55-68H,10-20H2,1-8H3,(H,69,70)/t21-,23-,24+,25-,26-,27+,28-,29-,30-,31-,32-,33+,34+,35+,36+,37+,38-,39+,40-,41-,42-,43-,45+,46+,47+,48-,51-,52+,53-,54+/m0/s1. The summed E-state index contributed by atoms with van der Waals surface area (Å²) in [5.74, 6) is -2.15. The number of allylic oxidation sites excluding steroid dienone is 2. The third-order valence-corrected chi connectivity index (χ3v) is 21.4. The van der Waals surface area contributed by atoms with Gasteiger partial charge >= 0.3 is 5.97 Å². The second-order valence-corrected chi connectivity index (χ2v) is 26.6. The van der Waals surface area contributed by atoms with Crippen LogP contribution in [0.3, 0.4) is 0 Å². The van der Waals surface area contributed by atoms with Crippen LogP contribution in [0.15, 0.2) is 11.6 Å². The van der Waals surface area contributed by atoms with Crippen LogP contribution in [-0.4, -0.2) is 244 Å². The predicted octanol–water partition coefficient (Wildman–Crippen LogP) is -2.50. The predicted molar refractivity (Wildman–Crippen MR) is 265 cm³/mol. The molecule has 0 aromatic heterocycles. The van der Waals surface area contributed by atoms with Gasteiger partial charge in [0.15, 0.2) is 31.3 Å². The van der Waals surface area contributed by atoms with Crippen LogP contribution in [0.4, 0.5) is 0 Å². The smallest absolute Gasteiger partial charge is 0.335 e. The summed E-state index contributed by atoms with van der Waals surface area (Å²) in [6.45, 7) is 14.4. The molecule has 4 aliphatic heterocycles. The first kappa shape index (κ1) is 60.9. The maximum Gasteiger partial charge on any atom is 0.335 e. The zero-order valence-corrected chi connectivity index (χ0v) is 45.7. The second kappa shape index (κ2) is 21.8. The Morgan fingerprint density at radius 3 is 1.68 bits per heavy atom. The minimum Gasteiger partial charge on any atom is -0.479 e. The van der Waals surface area contributed by atoms with Gasteiger partial charge in [-0.1, -0.05) is 60.1 Å². The first-order chi connectivity index (χ1) is 36.4. The number of aliphatic carboxylic acids is 1. The lowest BCUT2D eigenvalue weighted by Crippen LogP contribution is -2.70. The van der Waals surface area contributed by atoms with Crippen molar-refractivity contribution in [1.29, 1.82) is 0 Å². The molecule has 4 saturated carbocycles. The van der Waals surface area contributed by atoms with Gasteiger partial charge in [-0.05, 0) is 103 Å². The van der Waals surface area contributed by atoms with Gasteiger partial charge in [0, 0.05) is 5.41 Å². The Balaban J connectivity index is 1.00. The topological polar surface area (TPSA) is 394 Å². The normalized spacial score (nSPS) is 54.9. The lowest BCUT2D eigenvalue weighted by atomic mass is 9.33. The van der Waals surface area contributed by atoms with Crippen LogP contribution in [0.1, 0.15) is 107 Å². The minimum absolute atomic E-state index is 0.000849. The second-order valence-electron chi connectivity index (χ2n) is 26.6. The SMILES string of the molecule is C[C@@H]1O[C@H](O[C@@H]2[C@@H](O[C@@H]3[C@@H](O[C@@H]4[C@@H](O[C@H]5CC[C@@]6(C)[C@H]7CC=C8[C@@H]9CC(C)(C)CC[C@]9(CO)[C@@H](O)C[C@@]8(C)[C@@]7(C)C[C@@H](O)[C@H]6C5(C)C)O[C@@H](C(=O)O)[C@H](O)[C@H]4O)O[C@@H](CO)[C@H](O)[C@H]3O)O[C@@H](CO)[C@H](O)[C@H]2O)[C@@H](O)[C@H](O)[C@H]1O. The number of aliphatic hydroxyl groups is 14. The van der Waals surface area contributed by atoms with Crippen molar-refractivity contribution >= 4 is 5.97 Å². The Kier molecular flexibility index (Phi) is 17.0. The number of carbonyl (C=O) groups is 1. The van der Waals surface area contributed by atoms with Crippen molar-refractivity contribution in [2.75, 3.05) is 19.8 Å². The third kappa shape index (κ3) is 9.67. The van der Waals surface area contributed by atoms with E-state index < -0.39 is 193 Å². The first-order valence-corrected chi connectivity index (χ1v) is 27.9. The minimum atomic E-state index is -2.18. The highest BCUT2D eigenvalue weighted by Crippen LogP contribution is 2.76. The molecule has 0 bridgehead atoms. The quantitative estimate of drug-likeness (QED) is 0.0709. The summed E-state index contributed by atoms with van der Waals surface area (Å²) in [6, 6.07) is 0. The molecule has 4 heterocycles. The molecule has 24 heteroatoms. The average Bonchev–Trinajstić information content (AvgIpc) is 3.36. The van der Waals surface area contributed by atoms with Gasteiger partial charge in [0.2, 0.25) is 0 Å². The lowest BCUT2D eigenvalue weighted by Gasteiger charge is -2.72. The molecule has 0 aromatic rings. The van der Waals surface area contributed by atoms with Crippen molar-refractivity contribution < 1.29 is 119 Å². The van der Waals surface area contributed by atoms with Crippen LogP contribution in [-0.2, 0) is 42.7 Å². The van der Waals surface area contributed by atoms with E-state index in [1.807, 2.05) is 13.8 Å². The Morgan fingerprint density at radius 1 is 0.603 bits per heavy atom. The monoisotopic (exact) mass is 1120 g/mol. The molecule has 78 heavy (non-hydrogen) atoms. The maximum absolute atomic E-state index is 12.8. The fourth-order valence-corrected chi connectivity index (χ4v) is 16.8. The van der Waals surface area contributed by atoms with Crippen LogP contribution >= 0.6 is 0 Å². The molecule has 30 atom stereocenters. The highest BCUT2D eigenvalue weighted by atomic mass is 16.8. The van der Waals surface area contributed by atoms with Crippen LogP contribution < -0.4 is 0 Å². The lowest BCUT2D eigenvalue weighted by molar-refractivity contribution is -0.407. The number of hydrogen-bond acceptors (Lipinski definition) is 23. The molecule has 9 rings (SSSR count). The van der Waals surface area contributed by atoms with Crippen molar-refractivity contribution in [1.82, 2.24) is 0 Å². The zero-order valence-electron chi connectivity index (χ0n) is 45.7. The molecule has 0 amide bonds. The number of rotatable bonds is 12. The van der Waals surface area contributed by atoms with Gasteiger partial charge in [-0.2, -0.15) is 0 Å². The molecule has 15 N–H and O–H groups in total. The summed E-state index contributed by atoms with van der Waals surface area (Å²) in [5.41, 5.74) is -1.90. The molecule has 4 saturated heterocycles. The number of fused-ring (bicyclic) bond motifs is 7. The zero-order chi connectivity index (χ0) is 57.3. The Hall–Kier alpha value is -1.67. The largest absolute Gasteiger partial charge is 0.479 e.